The lowest BCUT2D eigenvalue weighted by atomic mass is 10.1. The van der Waals surface area contributed by atoms with Gasteiger partial charge in [0.25, 0.3) is 0 Å². The lowest BCUT2D eigenvalue weighted by molar-refractivity contribution is -0.119. The molecule has 0 spiro atoms. The average molecular weight is 207 g/mol. The van der Waals surface area contributed by atoms with Crippen molar-refractivity contribution in [1.82, 2.24) is 10.3 Å². The Kier molecular flexibility index (Phi) is 4.77. The second kappa shape index (κ2) is 6.14. The van der Waals surface area contributed by atoms with Crippen LogP contribution in [0.3, 0.4) is 0 Å². The number of anilines is 1. The summed E-state index contributed by atoms with van der Waals surface area (Å²) >= 11 is 0. The molecular weight excluding hydrogens is 190 g/mol. The molecule has 1 unspecified atom stereocenters. The fourth-order valence-corrected chi connectivity index (χ4v) is 1.35. The SMILES string of the molecule is CCC(CNC)C(=O)Nc1ccncc1. The summed E-state index contributed by atoms with van der Waals surface area (Å²) in [5, 5.41) is 5.87. The van der Waals surface area contributed by atoms with Crippen LogP contribution in [0, 0.1) is 5.92 Å². The van der Waals surface area contributed by atoms with E-state index in [1.54, 1.807) is 24.5 Å². The molecule has 1 amide bonds. The molecule has 0 saturated carbocycles. The molecule has 0 aliphatic rings. The smallest absolute Gasteiger partial charge is 0.228 e. The molecule has 0 aromatic carbocycles. The van der Waals surface area contributed by atoms with Crippen molar-refractivity contribution in [1.29, 1.82) is 0 Å². The Hall–Kier alpha value is -1.42. The molecule has 0 bridgehead atoms. The lowest BCUT2D eigenvalue weighted by Crippen LogP contribution is -2.30. The van der Waals surface area contributed by atoms with Gasteiger partial charge in [0, 0.05) is 24.6 Å². The molecule has 0 radical (unpaired) electrons. The first-order valence-corrected chi connectivity index (χ1v) is 5.13. The highest BCUT2D eigenvalue weighted by Gasteiger charge is 2.14. The van der Waals surface area contributed by atoms with Gasteiger partial charge in [0.05, 0.1) is 5.92 Å². The fourth-order valence-electron chi connectivity index (χ4n) is 1.35. The van der Waals surface area contributed by atoms with Gasteiger partial charge in [0.2, 0.25) is 5.91 Å². The van der Waals surface area contributed by atoms with Gasteiger partial charge in [-0.3, -0.25) is 9.78 Å². The molecule has 15 heavy (non-hydrogen) atoms. The first-order chi connectivity index (χ1) is 7.27. The molecule has 1 rings (SSSR count). The predicted octanol–water partition coefficient (Wildman–Crippen LogP) is 1.27. The molecule has 0 saturated heterocycles. The van der Waals surface area contributed by atoms with Crippen LogP contribution >= 0.6 is 0 Å². The summed E-state index contributed by atoms with van der Waals surface area (Å²) in [5.41, 5.74) is 0.796. The molecule has 4 heteroatoms. The van der Waals surface area contributed by atoms with E-state index < -0.39 is 0 Å². The van der Waals surface area contributed by atoms with Crippen LogP contribution in [0.1, 0.15) is 13.3 Å². The molecule has 4 nitrogen and oxygen atoms in total. The van der Waals surface area contributed by atoms with E-state index in [0.717, 1.165) is 12.1 Å². The van der Waals surface area contributed by atoms with E-state index in [0.29, 0.717) is 6.54 Å². The van der Waals surface area contributed by atoms with Crippen molar-refractivity contribution in [2.75, 3.05) is 18.9 Å². The number of amides is 1. The van der Waals surface area contributed by atoms with Crippen LogP contribution in [0.15, 0.2) is 24.5 Å². The third kappa shape index (κ3) is 3.67. The number of pyridine rings is 1. The first kappa shape index (κ1) is 11.7. The lowest BCUT2D eigenvalue weighted by Gasteiger charge is -2.14. The predicted molar refractivity (Wildman–Crippen MR) is 60.6 cm³/mol. The minimum Gasteiger partial charge on any atom is -0.326 e. The zero-order chi connectivity index (χ0) is 11.1. The Morgan fingerprint density at radius 3 is 2.67 bits per heavy atom. The molecule has 0 aliphatic heterocycles. The van der Waals surface area contributed by atoms with Gasteiger partial charge in [-0.1, -0.05) is 6.92 Å². The van der Waals surface area contributed by atoms with E-state index in [9.17, 15) is 4.79 Å². The highest BCUT2D eigenvalue weighted by molar-refractivity contribution is 5.92. The van der Waals surface area contributed by atoms with E-state index in [1.807, 2.05) is 14.0 Å². The molecule has 2 N–H and O–H groups in total. The minimum absolute atomic E-state index is 0.0168. The maximum Gasteiger partial charge on any atom is 0.228 e. The summed E-state index contributed by atoms with van der Waals surface area (Å²) in [6, 6.07) is 3.56. The number of hydrogen-bond acceptors (Lipinski definition) is 3. The van der Waals surface area contributed by atoms with Crippen LogP contribution in [0.5, 0.6) is 0 Å². The Balaban J connectivity index is 2.54. The van der Waals surface area contributed by atoms with Crippen molar-refractivity contribution in [3.63, 3.8) is 0 Å². The van der Waals surface area contributed by atoms with Gasteiger partial charge >= 0.3 is 0 Å². The summed E-state index contributed by atoms with van der Waals surface area (Å²) in [4.78, 5) is 15.7. The second-order valence-electron chi connectivity index (χ2n) is 3.39. The number of hydrogen-bond donors (Lipinski definition) is 2. The Morgan fingerprint density at radius 2 is 2.13 bits per heavy atom. The quantitative estimate of drug-likeness (QED) is 0.764. The molecule has 1 atom stereocenters. The minimum atomic E-state index is 0.0168. The molecule has 1 aromatic rings. The highest BCUT2D eigenvalue weighted by atomic mass is 16.1. The van der Waals surface area contributed by atoms with E-state index in [-0.39, 0.29) is 11.8 Å². The van der Waals surface area contributed by atoms with Crippen molar-refractivity contribution < 1.29 is 4.79 Å². The summed E-state index contributed by atoms with van der Waals surface area (Å²) in [5.74, 6) is 0.0706. The van der Waals surface area contributed by atoms with Crippen LogP contribution in [0.4, 0.5) is 5.69 Å². The van der Waals surface area contributed by atoms with Crippen molar-refractivity contribution in [3.8, 4) is 0 Å². The van der Waals surface area contributed by atoms with E-state index in [4.69, 9.17) is 0 Å². The van der Waals surface area contributed by atoms with Crippen LogP contribution in [0.2, 0.25) is 0 Å². The number of nitrogens with one attached hydrogen (secondary N) is 2. The van der Waals surface area contributed by atoms with E-state index >= 15 is 0 Å². The maximum absolute atomic E-state index is 11.8. The summed E-state index contributed by atoms with van der Waals surface area (Å²) in [7, 11) is 1.85. The largest absolute Gasteiger partial charge is 0.326 e. The van der Waals surface area contributed by atoms with Gasteiger partial charge in [-0.2, -0.15) is 0 Å². The van der Waals surface area contributed by atoms with Gasteiger partial charge in [-0.05, 0) is 25.6 Å². The summed E-state index contributed by atoms with van der Waals surface area (Å²) in [6.07, 6.45) is 4.15. The van der Waals surface area contributed by atoms with Crippen LogP contribution in [-0.4, -0.2) is 24.5 Å². The Labute approximate surface area is 90.1 Å². The van der Waals surface area contributed by atoms with Crippen molar-refractivity contribution in [3.05, 3.63) is 24.5 Å². The van der Waals surface area contributed by atoms with Gasteiger partial charge in [0.1, 0.15) is 0 Å². The van der Waals surface area contributed by atoms with Gasteiger partial charge in [0.15, 0.2) is 0 Å². The number of carbonyl (C=O) groups is 1. The van der Waals surface area contributed by atoms with Crippen LogP contribution < -0.4 is 10.6 Å². The molecular formula is C11H17N3O. The number of rotatable bonds is 5. The van der Waals surface area contributed by atoms with Gasteiger partial charge < -0.3 is 10.6 Å². The zero-order valence-corrected chi connectivity index (χ0v) is 9.16. The molecule has 1 aromatic heterocycles. The van der Waals surface area contributed by atoms with Gasteiger partial charge in [-0.25, -0.2) is 0 Å². The summed E-state index contributed by atoms with van der Waals surface area (Å²) < 4.78 is 0. The van der Waals surface area contributed by atoms with Crippen molar-refractivity contribution in [2.45, 2.75) is 13.3 Å². The maximum atomic E-state index is 11.8. The number of nitrogens with zero attached hydrogens (tertiary/aromatic N) is 1. The van der Waals surface area contributed by atoms with Gasteiger partial charge in [-0.15, -0.1) is 0 Å². The van der Waals surface area contributed by atoms with E-state index in [2.05, 4.69) is 15.6 Å². The third-order valence-corrected chi connectivity index (χ3v) is 2.26. The Morgan fingerprint density at radius 1 is 1.47 bits per heavy atom. The monoisotopic (exact) mass is 207 g/mol. The molecule has 82 valence electrons. The molecule has 0 aliphatic carbocycles. The highest BCUT2D eigenvalue weighted by Crippen LogP contribution is 2.08. The van der Waals surface area contributed by atoms with E-state index in [1.165, 1.54) is 0 Å². The first-order valence-electron chi connectivity index (χ1n) is 5.13. The summed E-state index contributed by atoms with van der Waals surface area (Å²) in [6.45, 7) is 2.71. The van der Waals surface area contributed by atoms with Crippen LogP contribution in [0.25, 0.3) is 0 Å². The van der Waals surface area contributed by atoms with Crippen molar-refractivity contribution >= 4 is 11.6 Å². The number of carbonyl (C=O) groups excluding carboxylic acids is 1. The Bertz CT molecular complexity index is 300. The standard InChI is InChI=1S/C11H17N3O/c1-3-9(8-12-2)11(15)14-10-4-6-13-7-5-10/h4-7,9,12H,3,8H2,1-2H3,(H,13,14,15). The molecule has 1 heterocycles. The molecule has 0 fully saturated rings. The average Bonchev–Trinajstić information content (AvgIpc) is 2.27. The van der Waals surface area contributed by atoms with Crippen LogP contribution in [-0.2, 0) is 4.79 Å². The number of aromatic nitrogens is 1. The normalized spacial score (nSPS) is 12.1. The second-order valence-corrected chi connectivity index (χ2v) is 3.39. The topological polar surface area (TPSA) is 54.0 Å². The zero-order valence-electron chi connectivity index (χ0n) is 9.16. The fraction of sp³-hybridized carbons (Fsp3) is 0.455. The third-order valence-electron chi connectivity index (χ3n) is 2.26. The van der Waals surface area contributed by atoms with Crippen molar-refractivity contribution in [2.24, 2.45) is 5.92 Å².